The summed E-state index contributed by atoms with van der Waals surface area (Å²) in [6.45, 7) is 1.64. The van der Waals surface area contributed by atoms with Crippen molar-refractivity contribution in [2.75, 3.05) is 0 Å². The molecule has 0 amide bonds. The van der Waals surface area contributed by atoms with Gasteiger partial charge in [0.05, 0.1) is 5.60 Å². The van der Waals surface area contributed by atoms with Gasteiger partial charge < -0.3 is 10.2 Å². The van der Waals surface area contributed by atoms with Gasteiger partial charge in [-0.25, -0.2) is 0 Å². The van der Waals surface area contributed by atoms with Crippen LogP contribution in [0, 0.1) is 3.57 Å². The van der Waals surface area contributed by atoms with E-state index in [2.05, 4.69) is 22.6 Å². The Labute approximate surface area is 102 Å². The molecule has 1 rings (SSSR count). The Morgan fingerprint density at radius 3 is 2.40 bits per heavy atom. The molecular weight excluding hydrogens is 307 g/mol. The SMILES string of the molecule is CC(O)(CCC(=O)O)c1ccc(I)cc1. The lowest BCUT2D eigenvalue weighted by atomic mass is 9.91. The van der Waals surface area contributed by atoms with Crippen LogP contribution in [0.1, 0.15) is 25.3 Å². The Hall–Kier alpha value is -0.620. The van der Waals surface area contributed by atoms with Crippen molar-refractivity contribution in [2.45, 2.75) is 25.4 Å². The van der Waals surface area contributed by atoms with Gasteiger partial charge in [-0.1, -0.05) is 12.1 Å². The van der Waals surface area contributed by atoms with Gasteiger partial charge in [-0.3, -0.25) is 4.79 Å². The zero-order valence-electron chi connectivity index (χ0n) is 8.40. The molecule has 0 heterocycles. The number of halogens is 1. The van der Waals surface area contributed by atoms with Gasteiger partial charge in [0.15, 0.2) is 0 Å². The molecule has 0 aromatic heterocycles. The molecule has 0 bridgehead atoms. The molecule has 1 unspecified atom stereocenters. The molecule has 0 saturated carbocycles. The monoisotopic (exact) mass is 320 g/mol. The van der Waals surface area contributed by atoms with Crippen LogP contribution >= 0.6 is 22.6 Å². The number of benzene rings is 1. The zero-order valence-corrected chi connectivity index (χ0v) is 10.6. The molecule has 3 nitrogen and oxygen atoms in total. The standard InChI is InChI=1S/C11H13IO3/c1-11(15,7-6-10(13)14)8-2-4-9(12)5-3-8/h2-5,15H,6-7H2,1H3,(H,13,14). The lowest BCUT2D eigenvalue weighted by Gasteiger charge is -2.23. The van der Waals surface area contributed by atoms with Crippen molar-refractivity contribution < 1.29 is 15.0 Å². The second-order valence-electron chi connectivity index (χ2n) is 3.67. The van der Waals surface area contributed by atoms with Crippen molar-refractivity contribution in [3.8, 4) is 0 Å². The van der Waals surface area contributed by atoms with Crippen molar-refractivity contribution in [1.29, 1.82) is 0 Å². The number of carbonyl (C=O) groups is 1. The molecular formula is C11H13IO3. The Bertz CT molecular complexity index is 343. The summed E-state index contributed by atoms with van der Waals surface area (Å²) in [5, 5.41) is 18.6. The minimum Gasteiger partial charge on any atom is -0.481 e. The van der Waals surface area contributed by atoms with Gasteiger partial charge in [0.2, 0.25) is 0 Å². The Kier molecular flexibility index (Phi) is 4.10. The average molecular weight is 320 g/mol. The van der Waals surface area contributed by atoms with Gasteiger partial charge >= 0.3 is 5.97 Å². The predicted octanol–water partition coefficient (Wildman–Crippen LogP) is 2.36. The van der Waals surface area contributed by atoms with Gasteiger partial charge in [-0.05, 0) is 53.6 Å². The smallest absolute Gasteiger partial charge is 0.303 e. The Balaban J connectivity index is 2.76. The van der Waals surface area contributed by atoms with Gasteiger partial charge in [0.25, 0.3) is 0 Å². The highest BCUT2D eigenvalue weighted by molar-refractivity contribution is 14.1. The largest absolute Gasteiger partial charge is 0.481 e. The highest BCUT2D eigenvalue weighted by atomic mass is 127. The third-order valence-corrected chi connectivity index (χ3v) is 3.01. The molecule has 0 aliphatic heterocycles. The van der Waals surface area contributed by atoms with E-state index >= 15 is 0 Å². The van der Waals surface area contributed by atoms with Gasteiger partial charge in [-0.2, -0.15) is 0 Å². The summed E-state index contributed by atoms with van der Waals surface area (Å²) >= 11 is 2.18. The van der Waals surface area contributed by atoms with E-state index in [9.17, 15) is 9.90 Å². The minimum absolute atomic E-state index is 0.0288. The molecule has 4 heteroatoms. The number of carboxylic acids is 1. The van der Waals surface area contributed by atoms with Crippen LogP contribution in [0.3, 0.4) is 0 Å². The van der Waals surface area contributed by atoms with E-state index in [0.29, 0.717) is 0 Å². The first-order valence-electron chi connectivity index (χ1n) is 4.62. The summed E-state index contributed by atoms with van der Waals surface area (Å²) in [6.07, 6.45) is 0.196. The molecule has 0 fully saturated rings. The van der Waals surface area contributed by atoms with Crippen LogP contribution in [0.25, 0.3) is 0 Å². The summed E-state index contributed by atoms with van der Waals surface area (Å²) < 4.78 is 1.09. The van der Waals surface area contributed by atoms with Crippen molar-refractivity contribution in [2.24, 2.45) is 0 Å². The molecule has 0 aliphatic carbocycles. The van der Waals surface area contributed by atoms with Crippen LogP contribution in [0.15, 0.2) is 24.3 Å². The number of hydrogen-bond donors (Lipinski definition) is 2. The second-order valence-corrected chi connectivity index (χ2v) is 4.92. The number of aliphatic hydroxyl groups is 1. The summed E-state index contributed by atoms with van der Waals surface area (Å²) in [6, 6.07) is 7.43. The minimum atomic E-state index is -1.07. The molecule has 0 radical (unpaired) electrons. The van der Waals surface area contributed by atoms with E-state index in [1.165, 1.54) is 0 Å². The van der Waals surface area contributed by atoms with Crippen molar-refractivity contribution in [3.05, 3.63) is 33.4 Å². The van der Waals surface area contributed by atoms with Gasteiger partial charge in [0, 0.05) is 9.99 Å². The third-order valence-electron chi connectivity index (χ3n) is 2.29. The number of carboxylic acid groups (broad SMARTS) is 1. The van der Waals surface area contributed by atoms with Crippen LogP contribution in [0.2, 0.25) is 0 Å². The molecule has 15 heavy (non-hydrogen) atoms. The molecule has 0 spiro atoms. The average Bonchev–Trinajstić information content (AvgIpc) is 2.16. The van der Waals surface area contributed by atoms with Crippen LogP contribution in [0.5, 0.6) is 0 Å². The van der Waals surface area contributed by atoms with E-state index in [-0.39, 0.29) is 12.8 Å². The lowest BCUT2D eigenvalue weighted by Crippen LogP contribution is -2.22. The second kappa shape index (κ2) is 4.94. The van der Waals surface area contributed by atoms with Crippen LogP contribution < -0.4 is 0 Å². The van der Waals surface area contributed by atoms with Crippen molar-refractivity contribution in [3.63, 3.8) is 0 Å². The van der Waals surface area contributed by atoms with Crippen molar-refractivity contribution >= 4 is 28.6 Å². The molecule has 0 saturated heterocycles. The molecule has 82 valence electrons. The number of aliphatic carboxylic acids is 1. The third kappa shape index (κ3) is 3.79. The lowest BCUT2D eigenvalue weighted by molar-refractivity contribution is -0.138. The number of hydrogen-bond acceptors (Lipinski definition) is 2. The summed E-state index contributed by atoms with van der Waals surface area (Å²) in [7, 11) is 0. The van der Waals surface area contributed by atoms with E-state index in [4.69, 9.17) is 5.11 Å². The maximum absolute atomic E-state index is 10.4. The van der Waals surface area contributed by atoms with Crippen LogP contribution in [-0.4, -0.2) is 16.2 Å². The van der Waals surface area contributed by atoms with Crippen molar-refractivity contribution in [1.82, 2.24) is 0 Å². The van der Waals surface area contributed by atoms with Crippen LogP contribution in [-0.2, 0) is 10.4 Å². The maximum Gasteiger partial charge on any atom is 0.303 e. The molecule has 1 aromatic rings. The highest BCUT2D eigenvalue weighted by Crippen LogP contribution is 2.26. The van der Waals surface area contributed by atoms with E-state index in [1.54, 1.807) is 6.92 Å². The Morgan fingerprint density at radius 1 is 1.40 bits per heavy atom. The highest BCUT2D eigenvalue weighted by Gasteiger charge is 2.23. The molecule has 1 aromatic carbocycles. The molecule has 2 N–H and O–H groups in total. The summed E-state index contributed by atoms with van der Waals surface area (Å²) in [5.41, 5.74) is -0.313. The van der Waals surface area contributed by atoms with Crippen LogP contribution in [0.4, 0.5) is 0 Å². The normalized spacial score (nSPS) is 14.6. The fourth-order valence-electron chi connectivity index (χ4n) is 1.30. The van der Waals surface area contributed by atoms with E-state index < -0.39 is 11.6 Å². The van der Waals surface area contributed by atoms with Gasteiger partial charge in [-0.15, -0.1) is 0 Å². The van der Waals surface area contributed by atoms with Gasteiger partial charge in [0.1, 0.15) is 0 Å². The quantitative estimate of drug-likeness (QED) is 0.838. The predicted molar refractivity (Wildman–Crippen MR) is 65.6 cm³/mol. The molecule has 0 aliphatic rings. The fraction of sp³-hybridized carbons (Fsp3) is 0.364. The van der Waals surface area contributed by atoms with E-state index in [0.717, 1.165) is 9.13 Å². The Morgan fingerprint density at radius 2 is 1.93 bits per heavy atom. The first-order valence-corrected chi connectivity index (χ1v) is 5.70. The summed E-state index contributed by atoms with van der Waals surface area (Å²) in [4.78, 5) is 10.4. The topological polar surface area (TPSA) is 57.5 Å². The first kappa shape index (κ1) is 12.4. The number of rotatable bonds is 4. The van der Waals surface area contributed by atoms with E-state index in [1.807, 2.05) is 24.3 Å². The first-order chi connectivity index (χ1) is 6.92. The summed E-state index contributed by atoms with van der Waals surface area (Å²) in [5.74, 6) is -0.888. The molecule has 1 atom stereocenters. The zero-order chi connectivity index (χ0) is 11.5. The fourth-order valence-corrected chi connectivity index (χ4v) is 1.66. The maximum atomic E-state index is 10.4.